The Labute approximate surface area is 143 Å². The van der Waals surface area contributed by atoms with Crippen molar-refractivity contribution in [2.45, 2.75) is 40.7 Å². The van der Waals surface area contributed by atoms with Crippen molar-refractivity contribution in [3.05, 3.63) is 29.6 Å². The van der Waals surface area contributed by atoms with Crippen LogP contribution >= 0.6 is 0 Å². The van der Waals surface area contributed by atoms with E-state index < -0.39 is 0 Å². The molecule has 1 heterocycles. The number of imidazole rings is 1. The Morgan fingerprint density at radius 2 is 2.12 bits per heavy atom. The van der Waals surface area contributed by atoms with Crippen molar-refractivity contribution in [3.63, 3.8) is 0 Å². The molecule has 0 fully saturated rings. The number of benzene rings is 1. The zero-order chi connectivity index (χ0) is 17.7. The van der Waals surface area contributed by atoms with E-state index in [2.05, 4.69) is 36.1 Å². The molecule has 6 heteroatoms. The third-order valence-electron chi connectivity index (χ3n) is 3.71. The molecule has 0 saturated heterocycles. The van der Waals surface area contributed by atoms with Crippen molar-refractivity contribution in [1.82, 2.24) is 20.2 Å². The number of nitrogens with zero attached hydrogens (tertiary/aromatic N) is 2. The summed E-state index contributed by atoms with van der Waals surface area (Å²) in [7, 11) is 0. The van der Waals surface area contributed by atoms with Crippen molar-refractivity contribution in [2.24, 2.45) is 5.41 Å². The lowest BCUT2D eigenvalue weighted by Gasteiger charge is -2.30. The fourth-order valence-corrected chi connectivity index (χ4v) is 2.67. The minimum atomic E-state index is -0.129. The molecule has 0 aliphatic carbocycles. The lowest BCUT2D eigenvalue weighted by molar-refractivity contribution is 0.164. The van der Waals surface area contributed by atoms with E-state index in [9.17, 15) is 4.79 Å². The second-order valence-electron chi connectivity index (χ2n) is 7.37. The molecule has 0 atom stereocenters. The summed E-state index contributed by atoms with van der Waals surface area (Å²) in [5.74, 6) is 0.741. The fourth-order valence-electron chi connectivity index (χ4n) is 2.67. The van der Waals surface area contributed by atoms with Gasteiger partial charge in [0, 0.05) is 19.7 Å². The fraction of sp³-hybridized carbons (Fsp3) is 0.556. The van der Waals surface area contributed by atoms with Crippen molar-refractivity contribution in [1.29, 1.82) is 0 Å². The zero-order valence-electron chi connectivity index (χ0n) is 15.0. The van der Waals surface area contributed by atoms with Gasteiger partial charge in [-0.3, -0.25) is 0 Å². The number of urea groups is 1. The summed E-state index contributed by atoms with van der Waals surface area (Å²) >= 11 is 0. The van der Waals surface area contributed by atoms with Crippen molar-refractivity contribution >= 4 is 17.1 Å². The summed E-state index contributed by atoms with van der Waals surface area (Å²) in [5.41, 5.74) is 3.03. The number of fused-ring (bicyclic) bond motifs is 1. The highest BCUT2D eigenvalue weighted by Gasteiger charge is 2.20. The van der Waals surface area contributed by atoms with Crippen LogP contribution in [-0.2, 0) is 6.54 Å². The van der Waals surface area contributed by atoms with E-state index in [1.807, 2.05) is 25.1 Å². The van der Waals surface area contributed by atoms with Gasteiger partial charge in [0.25, 0.3) is 0 Å². The second-order valence-corrected chi connectivity index (χ2v) is 7.37. The van der Waals surface area contributed by atoms with Crippen LogP contribution in [0.5, 0.6) is 0 Å². The van der Waals surface area contributed by atoms with Crippen LogP contribution in [0, 0.1) is 12.3 Å². The SMILES string of the molecule is Cc1cccc2[nH]c(CNC(=O)N(CCCO)CC(C)(C)C)nc12. The number of rotatable bonds is 6. The maximum absolute atomic E-state index is 12.5. The Balaban J connectivity index is 2.01. The largest absolute Gasteiger partial charge is 0.396 e. The molecular weight excluding hydrogens is 304 g/mol. The monoisotopic (exact) mass is 332 g/mol. The van der Waals surface area contributed by atoms with E-state index in [-0.39, 0.29) is 18.1 Å². The third kappa shape index (κ3) is 4.96. The van der Waals surface area contributed by atoms with Crippen molar-refractivity contribution < 1.29 is 9.90 Å². The van der Waals surface area contributed by atoms with Gasteiger partial charge in [0.05, 0.1) is 17.6 Å². The van der Waals surface area contributed by atoms with Gasteiger partial charge >= 0.3 is 6.03 Å². The maximum atomic E-state index is 12.5. The number of carbonyl (C=O) groups is 1. The number of aromatic amines is 1. The second kappa shape index (κ2) is 7.66. The predicted molar refractivity (Wildman–Crippen MR) is 95.8 cm³/mol. The molecule has 132 valence electrons. The smallest absolute Gasteiger partial charge is 0.317 e. The Morgan fingerprint density at radius 3 is 2.75 bits per heavy atom. The molecule has 24 heavy (non-hydrogen) atoms. The minimum Gasteiger partial charge on any atom is -0.396 e. The average molecular weight is 332 g/mol. The molecule has 0 unspecified atom stereocenters. The van der Waals surface area contributed by atoms with E-state index in [4.69, 9.17) is 5.11 Å². The van der Waals surface area contributed by atoms with Gasteiger partial charge in [0.1, 0.15) is 5.82 Å². The van der Waals surface area contributed by atoms with Crippen LogP contribution in [0.25, 0.3) is 11.0 Å². The van der Waals surface area contributed by atoms with Crippen LogP contribution < -0.4 is 5.32 Å². The normalized spacial score (nSPS) is 11.7. The number of aliphatic hydroxyl groups excluding tert-OH is 1. The number of carbonyl (C=O) groups excluding carboxylic acids is 1. The zero-order valence-corrected chi connectivity index (χ0v) is 15.0. The first-order valence-corrected chi connectivity index (χ1v) is 8.38. The molecule has 2 aromatic rings. The summed E-state index contributed by atoms with van der Waals surface area (Å²) in [4.78, 5) is 22.0. The third-order valence-corrected chi connectivity index (χ3v) is 3.71. The summed E-state index contributed by atoms with van der Waals surface area (Å²) in [6, 6.07) is 5.85. The first-order valence-electron chi connectivity index (χ1n) is 8.38. The van der Waals surface area contributed by atoms with E-state index in [0.29, 0.717) is 26.1 Å². The Bertz CT molecular complexity index is 688. The number of nitrogens with one attached hydrogen (secondary N) is 2. The number of hydrogen-bond donors (Lipinski definition) is 3. The van der Waals surface area contributed by atoms with Crippen LogP contribution in [0.2, 0.25) is 0 Å². The number of para-hydroxylation sites is 1. The van der Waals surface area contributed by atoms with Crippen LogP contribution in [0.4, 0.5) is 4.79 Å². The standard InChI is InChI=1S/C18H28N4O2/c1-13-7-5-8-14-16(13)21-15(20-14)11-19-17(24)22(9-6-10-23)12-18(2,3)4/h5,7-8,23H,6,9-12H2,1-4H3,(H,19,24)(H,20,21). The highest BCUT2D eigenvalue weighted by molar-refractivity contribution is 5.78. The molecule has 1 aromatic carbocycles. The topological polar surface area (TPSA) is 81.2 Å². The number of aromatic nitrogens is 2. The van der Waals surface area contributed by atoms with Gasteiger partial charge in [-0.05, 0) is 30.4 Å². The van der Waals surface area contributed by atoms with Gasteiger partial charge in [-0.1, -0.05) is 32.9 Å². The molecular formula is C18H28N4O2. The Hall–Kier alpha value is -2.08. The number of amides is 2. The molecule has 0 spiro atoms. The van der Waals surface area contributed by atoms with Gasteiger partial charge < -0.3 is 20.3 Å². The minimum absolute atomic E-state index is 0.00324. The van der Waals surface area contributed by atoms with Crippen LogP contribution in [0.1, 0.15) is 38.6 Å². The molecule has 0 bridgehead atoms. The molecule has 0 radical (unpaired) electrons. The lowest BCUT2D eigenvalue weighted by atomic mass is 9.96. The summed E-state index contributed by atoms with van der Waals surface area (Å²) < 4.78 is 0. The first-order chi connectivity index (χ1) is 11.3. The van der Waals surface area contributed by atoms with E-state index in [1.54, 1.807) is 4.90 Å². The highest BCUT2D eigenvalue weighted by Crippen LogP contribution is 2.17. The average Bonchev–Trinajstić information content (AvgIpc) is 2.92. The molecule has 2 amide bonds. The van der Waals surface area contributed by atoms with Gasteiger partial charge in [-0.15, -0.1) is 0 Å². The van der Waals surface area contributed by atoms with Gasteiger partial charge in [0.15, 0.2) is 0 Å². The predicted octanol–water partition coefficient (Wildman–Crippen LogP) is 2.81. The quantitative estimate of drug-likeness (QED) is 0.761. The van der Waals surface area contributed by atoms with Gasteiger partial charge in [-0.25, -0.2) is 9.78 Å². The number of H-pyrrole nitrogens is 1. The summed E-state index contributed by atoms with van der Waals surface area (Å²) in [6.45, 7) is 9.91. The van der Waals surface area contributed by atoms with Crippen LogP contribution in [-0.4, -0.2) is 45.7 Å². The van der Waals surface area contributed by atoms with Gasteiger partial charge in [0.2, 0.25) is 0 Å². The molecule has 6 nitrogen and oxygen atoms in total. The molecule has 0 saturated carbocycles. The number of aliphatic hydroxyl groups is 1. The molecule has 0 aliphatic heterocycles. The van der Waals surface area contributed by atoms with Crippen molar-refractivity contribution in [2.75, 3.05) is 19.7 Å². The van der Waals surface area contributed by atoms with Gasteiger partial charge in [-0.2, -0.15) is 0 Å². The van der Waals surface area contributed by atoms with E-state index in [1.165, 1.54) is 0 Å². The number of aryl methyl sites for hydroxylation is 1. The molecule has 2 rings (SSSR count). The molecule has 1 aromatic heterocycles. The lowest BCUT2D eigenvalue weighted by Crippen LogP contribution is -2.44. The maximum Gasteiger partial charge on any atom is 0.317 e. The van der Waals surface area contributed by atoms with E-state index in [0.717, 1.165) is 22.4 Å². The van der Waals surface area contributed by atoms with Crippen molar-refractivity contribution in [3.8, 4) is 0 Å². The Kier molecular flexibility index (Phi) is 5.83. The summed E-state index contributed by atoms with van der Waals surface area (Å²) in [5, 5.41) is 12.0. The highest BCUT2D eigenvalue weighted by atomic mass is 16.3. The van der Waals surface area contributed by atoms with Crippen LogP contribution in [0.3, 0.4) is 0 Å². The number of hydrogen-bond acceptors (Lipinski definition) is 3. The Morgan fingerprint density at radius 1 is 1.38 bits per heavy atom. The molecule has 3 N–H and O–H groups in total. The van der Waals surface area contributed by atoms with E-state index >= 15 is 0 Å². The van der Waals surface area contributed by atoms with Crippen LogP contribution in [0.15, 0.2) is 18.2 Å². The first kappa shape index (κ1) is 18.3. The molecule has 0 aliphatic rings. The summed E-state index contributed by atoms with van der Waals surface area (Å²) in [6.07, 6.45) is 0.577.